The van der Waals surface area contributed by atoms with Gasteiger partial charge < -0.3 is 9.26 Å². The Balaban J connectivity index is 1.99. The monoisotopic (exact) mass is 196 g/mol. The molecule has 0 bridgehead atoms. The SMILES string of the molecule is COC(=O)Cc1nc(C2CC2C)no1. The third-order valence-electron chi connectivity index (χ3n) is 2.45. The van der Waals surface area contributed by atoms with Gasteiger partial charge in [-0.15, -0.1) is 0 Å². The van der Waals surface area contributed by atoms with Gasteiger partial charge in [0.1, 0.15) is 6.42 Å². The minimum atomic E-state index is -0.357. The second-order valence-electron chi connectivity index (χ2n) is 3.62. The predicted molar refractivity (Wildman–Crippen MR) is 46.5 cm³/mol. The van der Waals surface area contributed by atoms with Crippen molar-refractivity contribution in [1.29, 1.82) is 0 Å². The highest BCUT2D eigenvalue weighted by Crippen LogP contribution is 2.45. The van der Waals surface area contributed by atoms with Gasteiger partial charge in [0.2, 0.25) is 5.89 Å². The number of methoxy groups -OCH3 is 1. The van der Waals surface area contributed by atoms with Crippen LogP contribution < -0.4 is 0 Å². The van der Waals surface area contributed by atoms with Crippen molar-refractivity contribution in [3.8, 4) is 0 Å². The molecule has 0 N–H and O–H groups in total. The van der Waals surface area contributed by atoms with Gasteiger partial charge in [-0.2, -0.15) is 4.98 Å². The van der Waals surface area contributed by atoms with Crippen LogP contribution in [0.15, 0.2) is 4.52 Å². The largest absolute Gasteiger partial charge is 0.469 e. The summed E-state index contributed by atoms with van der Waals surface area (Å²) in [5.74, 6) is 1.76. The smallest absolute Gasteiger partial charge is 0.315 e. The number of aromatic nitrogens is 2. The van der Waals surface area contributed by atoms with Crippen molar-refractivity contribution >= 4 is 5.97 Å². The van der Waals surface area contributed by atoms with Crippen LogP contribution in [0, 0.1) is 5.92 Å². The molecule has 0 amide bonds. The van der Waals surface area contributed by atoms with E-state index in [4.69, 9.17) is 4.52 Å². The number of carbonyl (C=O) groups is 1. The van der Waals surface area contributed by atoms with E-state index in [9.17, 15) is 4.79 Å². The van der Waals surface area contributed by atoms with E-state index in [0.29, 0.717) is 17.7 Å². The fraction of sp³-hybridized carbons (Fsp3) is 0.667. The lowest BCUT2D eigenvalue weighted by molar-refractivity contribution is -0.140. The molecule has 0 saturated heterocycles. The van der Waals surface area contributed by atoms with Gasteiger partial charge in [-0.3, -0.25) is 4.79 Å². The Kier molecular flexibility index (Phi) is 2.23. The molecular formula is C9H12N2O3. The summed E-state index contributed by atoms with van der Waals surface area (Å²) in [7, 11) is 1.34. The van der Waals surface area contributed by atoms with Gasteiger partial charge in [-0.25, -0.2) is 0 Å². The molecule has 76 valence electrons. The Morgan fingerprint density at radius 1 is 1.71 bits per heavy atom. The van der Waals surface area contributed by atoms with Crippen molar-refractivity contribution in [2.45, 2.75) is 25.7 Å². The molecule has 0 aromatic carbocycles. The molecule has 0 spiro atoms. The number of rotatable bonds is 3. The topological polar surface area (TPSA) is 65.2 Å². The number of esters is 1. The van der Waals surface area contributed by atoms with Gasteiger partial charge in [-0.1, -0.05) is 12.1 Å². The van der Waals surface area contributed by atoms with Crippen molar-refractivity contribution in [3.05, 3.63) is 11.7 Å². The third kappa shape index (κ3) is 1.76. The van der Waals surface area contributed by atoms with Crippen molar-refractivity contribution in [3.63, 3.8) is 0 Å². The Morgan fingerprint density at radius 2 is 2.43 bits per heavy atom. The highest BCUT2D eigenvalue weighted by molar-refractivity contribution is 5.71. The van der Waals surface area contributed by atoms with Crippen molar-refractivity contribution < 1.29 is 14.1 Å². The number of hydrogen-bond acceptors (Lipinski definition) is 5. The zero-order chi connectivity index (χ0) is 10.1. The first kappa shape index (κ1) is 9.18. The van der Waals surface area contributed by atoms with Crippen LogP contribution in [0.1, 0.15) is 31.0 Å². The Hall–Kier alpha value is -1.39. The van der Waals surface area contributed by atoms with E-state index >= 15 is 0 Å². The van der Waals surface area contributed by atoms with Gasteiger partial charge >= 0.3 is 5.97 Å². The molecule has 1 saturated carbocycles. The molecule has 2 rings (SSSR count). The zero-order valence-corrected chi connectivity index (χ0v) is 8.19. The Bertz CT molecular complexity index is 348. The third-order valence-corrected chi connectivity index (χ3v) is 2.45. The van der Waals surface area contributed by atoms with Crippen LogP contribution in [0.3, 0.4) is 0 Å². The molecule has 1 heterocycles. The fourth-order valence-corrected chi connectivity index (χ4v) is 1.37. The van der Waals surface area contributed by atoms with Gasteiger partial charge in [0.05, 0.1) is 7.11 Å². The lowest BCUT2D eigenvalue weighted by atomic mass is 10.3. The maximum absolute atomic E-state index is 10.9. The molecule has 5 heteroatoms. The van der Waals surface area contributed by atoms with Crippen LogP contribution in [0.4, 0.5) is 0 Å². The molecule has 2 unspecified atom stereocenters. The van der Waals surface area contributed by atoms with E-state index in [0.717, 1.165) is 12.2 Å². The average Bonchev–Trinajstić information content (AvgIpc) is 2.73. The van der Waals surface area contributed by atoms with Gasteiger partial charge in [-0.05, 0) is 12.3 Å². The van der Waals surface area contributed by atoms with E-state index < -0.39 is 0 Å². The van der Waals surface area contributed by atoms with Gasteiger partial charge in [0, 0.05) is 5.92 Å². The highest BCUT2D eigenvalue weighted by atomic mass is 16.5. The summed E-state index contributed by atoms with van der Waals surface area (Å²) in [4.78, 5) is 15.0. The molecule has 1 aliphatic carbocycles. The summed E-state index contributed by atoms with van der Waals surface area (Å²) in [6.07, 6.45) is 1.17. The molecule has 1 aromatic rings. The fourth-order valence-electron chi connectivity index (χ4n) is 1.37. The van der Waals surface area contributed by atoms with Gasteiger partial charge in [0.15, 0.2) is 5.82 Å². The maximum Gasteiger partial charge on any atom is 0.315 e. The number of ether oxygens (including phenoxy) is 1. The minimum absolute atomic E-state index is 0.0601. The molecule has 5 nitrogen and oxygen atoms in total. The van der Waals surface area contributed by atoms with Crippen molar-refractivity contribution in [2.75, 3.05) is 7.11 Å². The standard InChI is InChI=1S/C9H12N2O3/c1-5-3-6(5)9-10-7(14-11-9)4-8(12)13-2/h5-6H,3-4H2,1-2H3. The van der Waals surface area contributed by atoms with Crippen molar-refractivity contribution in [1.82, 2.24) is 10.1 Å². The first-order valence-corrected chi connectivity index (χ1v) is 4.60. The van der Waals surface area contributed by atoms with E-state index in [-0.39, 0.29) is 12.4 Å². The van der Waals surface area contributed by atoms with E-state index in [1.807, 2.05) is 0 Å². The summed E-state index contributed by atoms with van der Waals surface area (Å²) in [5, 5.41) is 3.82. The van der Waals surface area contributed by atoms with Crippen LogP contribution in [0.5, 0.6) is 0 Å². The molecule has 0 radical (unpaired) electrons. The van der Waals surface area contributed by atoms with Crippen LogP contribution >= 0.6 is 0 Å². The van der Waals surface area contributed by atoms with Crippen LogP contribution in [-0.2, 0) is 16.0 Å². The number of hydrogen-bond donors (Lipinski definition) is 0. The second kappa shape index (κ2) is 3.40. The molecule has 2 atom stereocenters. The average molecular weight is 196 g/mol. The van der Waals surface area contributed by atoms with Gasteiger partial charge in [0.25, 0.3) is 0 Å². The normalized spacial score (nSPS) is 24.7. The highest BCUT2D eigenvalue weighted by Gasteiger charge is 2.38. The summed E-state index contributed by atoms with van der Waals surface area (Å²) < 4.78 is 9.42. The predicted octanol–water partition coefficient (Wildman–Crippen LogP) is 0.908. The molecule has 1 aliphatic rings. The lowest BCUT2D eigenvalue weighted by Gasteiger charge is -1.91. The van der Waals surface area contributed by atoms with E-state index in [1.165, 1.54) is 7.11 Å². The Labute approximate surface area is 81.4 Å². The van der Waals surface area contributed by atoms with Crippen LogP contribution in [0.25, 0.3) is 0 Å². The maximum atomic E-state index is 10.9. The molecule has 1 aromatic heterocycles. The van der Waals surface area contributed by atoms with Crippen LogP contribution in [-0.4, -0.2) is 23.2 Å². The molecular weight excluding hydrogens is 184 g/mol. The summed E-state index contributed by atoms with van der Waals surface area (Å²) >= 11 is 0. The number of nitrogens with zero attached hydrogens (tertiary/aromatic N) is 2. The zero-order valence-electron chi connectivity index (χ0n) is 8.19. The Morgan fingerprint density at radius 3 is 3.00 bits per heavy atom. The molecule has 1 fully saturated rings. The molecule has 0 aliphatic heterocycles. The first-order chi connectivity index (χ1) is 6.70. The van der Waals surface area contributed by atoms with E-state index in [1.54, 1.807) is 0 Å². The van der Waals surface area contributed by atoms with Crippen molar-refractivity contribution in [2.24, 2.45) is 5.92 Å². The lowest BCUT2D eigenvalue weighted by Crippen LogP contribution is -2.04. The quantitative estimate of drug-likeness (QED) is 0.672. The molecule has 14 heavy (non-hydrogen) atoms. The minimum Gasteiger partial charge on any atom is -0.469 e. The van der Waals surface area contributed by atoms with E-state index in [2.05, 4.69) is 21.8 Å². The second-order valence-corrected chi connectivity index (χ2v) is 3.62. The summed E-state index contributed by atoms with van der Waals surface area (Å²) in [6, 6.07) is 0. The summed E-state index contributed by atoms with van der Waals surface area (Å²) in [5.41, 5.74) is 0. The first-order valence-electron chi connectivity index (χ1n) is 4.60. The number of carbonyl (C=O) groups excluding carboxylic acids is 1. The summed E-state index contributed by atoms with van der Waals surface area (Å²) in [6.45, 7) is 2.14. The van der Waals surface area contributed by atoms with Crippen LogP contribution in [0.2, 0.25) is 0 Å².